The maximum atomic E-state index is 12.8. The Bertz CT molecular complexity index is 1010. The SMILES string of the molecule is CCCCCCCC/C=C\CCCCCCCCCC(=O)O[C@H]1CC[C@@]2(C)C(=CCC3C4CCC([C@H](C)CCCC(C)C)[C@@]4(C)CCC32)C1. The van der Waals surface area contributed by atoms with Gasteiger partial charge in [-0.15, -0.1) is 0 Å². The van der Waals surface area contributed by atoms with E-state index in [-0.39, 0.29) is 12.1 Å². The van der Waals surface area contributed by atoms with Crippen LogP contribution in [0, 0.1) is 46.3 Å². The zero-order chi connectivity index (χ0) is 35.1. The van der Waals surface area contributed by atoms with Crippen LogP contribution < -0.4 is 0 Å². The Morgan fingerprint density at radius 1 is 0.776 bits per heavy atom. The van der Waals surface area contributed by atoms with Gasteiger partial charge in [0.25, 0.3) is 0 Å². The lowest BCUT2D eigenvalue weighted by Crippen LogP contribution is -2.51. The van der Waals surface area contributed by atoms with Crippen molar-refractivity contribution in [2.24, 2.45) is 46.3 Å². The summed E-state index contributed by atoms with van der Waals surface area (Å²) in [6.45, 7) is 14.9. The molecule has 0 spiro atoms. The van der Waals surface area contributed by atoms with Crippen molar-refractivity contribution in [2.75, 3.05) is 0 Å². The number of allylic oxidation sites excluding steroid dienone is 3. The average molecular weight is 679 g/mol. The Balaban J connectivity index is 1.08. The number of rotatable bonds is 23. The third-order valence-electron chi connectivity index (χ3n) is 14.7. The van der Waals surface area contributed by atoms with Crippen LogP contribution in [-0.2, 0) is 9.53 Å². The van der Waals surface area contributed by atoms with Gasteiger partial charge in [0.2, 0.25) is 0 Å². The van der Waals surface area contributed by atoms with E-state index in [1.54, 1.807) is 5.57 Å². The van der Waals surface area contributed by atoms with Crippen LogP contribution in [0.4, 0.5) is 0 Å². The standard InChI is InChI=1S/C47H82O2/c1-7-8-9-10-11-12-13-14-15-16-17-18-19-20-21-22-23-27-45(48)49-40-32-34-46(5)39(36-40)28-29-41-43-31-30-42(38(4)26-24-25-37(2)3)47(43,6)35-33-44(41)46/h14-15,28,37-38,40-44H,7-13,16-27,29-36H2,1-6H3/b15-14-/t38-,40+,41?,42?,43?,44?,46+,47-/m1/s1. The zero-order valence-electron chi connectivity index (χ0n) is 33.7. The zero-order valence-corrected chi connectivity index (χ0v) is 33.7. The number of unbranched alkanes of at least 4 members (excludes halogenated alkanes) is 13. The first-order valence-corrected chi connectivity index (χ1v) is 22.2. The van der Waals surface area contributed by atoms with Crippen LogP contribution in [0.3, 0.4) is 0 Å². The van der Waals surface area contributed by atoms with Crippen LogP contribution in [0.15, 0.2) is 23.8 Å². The third kappa shape index (κ3) is 11.7. The second-order valence-electron chi connectivity index (χ2n) is 18.7. The highest BCUT2D eigenvalue weighted by Crippen LogP contribution is 2.67. The van der Waals surface area contributed by atoms with E-state index in [2.05, 4.69) is 59.8 Å². The number of hydrogen-bond donors (Lipinski definition) is 0. The van der Waals surface area contributed by atoms with E-state index in [1.807, 2.05) is 0 Å². The Hall–Kier alpha value is -1.05. The summed E-state index contributed by atoms with van der Waals surface area (Å²) < 4.78 is 6.14. The number of ether oxygens (including phenoxy) is 1. The van der Waals surface area contributed by atoms with Crippen molar-refractivity contribution in [3.8, 4) is 0 Å². The van der Waals surface area contributed by atoms with Crippen LogP contribution in [-0.4, -0.2) is 12.1 Å². The van der Waals surface area contributed by atoms with Gasteiger partial charge in [-0.25, -0.2) is 0 Å². The quantitative estimate of drug-likeness (QED) is 0.0611. The molecule has 0 saturated heterocycles. The Morgan fingerprint density at radius 3 is 2.10 bits per heavy atom. The fourth-order valence-electron chi connectivity index (χ4n) is 11.7. The molecule has 0 bridgehead atoms. The molecular formula is C47H82O2. The van der Waals surface area contributed by atoms with Gasteiger partial charge in [0.15, 0.2) is 0 Å². The van der Waals surface area contributed by atoms with Gasteiger partial charge < -0.3 is 4.74 Å². The molecule has 2 nitrogen and oxygen atoms in total. The van der Waals surface area contributed by atoms with Gasteiger partial charge in [-0.05, 0) is 123 Å². The number of carbonyl (C=O) groups is 1. The maximum absolute atomic E-state index is 12.8. The van der Waals surface area contributed by atoms with E-state index in [0.29, 0.717) is 17.3 Å². The van der Waals surface area contributed by atoms with Crippen molar-refractivity contribution in [3.05, 3.63) is 23.8 Å². The van der Waals surface area contributed by atoms with Gasteiger partial charge in [0.05, 0.1) is 0 Å². The highest BCUT2D eigenvalue weighted by molar-refractivity contribution is 5.69. The first-order valence-electron chi connectivity index (χ1n) is 22.2. The normalized spacial score (nSPS) is 31.7. The molecular weight excluding hydrogens is 597 g/mol. The van der Waals surface area contributed by atoms with Gasteiger partial charge >= 0.3 is 5.97 Å². The van der Waals surface area contributed by atoms with E-state index in [1.165, 1.54) is 148 Å². The molecule has 4 rings (SSSR count). The van der Waals surface area contributed by atoms with Gasteiger partial charge in [0.1, 0.15) is 6.10 Å². The topological polar surface area (TPSA) is 26.3 Å². The number of hydrogen-bond acceptors (Lipinski definition) is 2. The molecule has 49 heavy (non-hydrogen) atoms. The van der Waals surface area contributed by atoms with Crippen molar-refractivity contribution in [3.63, 3.8) is 0 Å². The van der Waals surface area contributed by atoms with E-state index >= 15 is 0 Å². The van der Waals surface area contributed by atoms with Crippen molar-refractivity contribution < 1.29 is 9.53 Å². The molecule has 282 valence electrons. The summed E-state index contributed by atoms with van der Waals surface area (Å²) in [5, 5.41) is 0. The Kier molecular flexibility index (Phi) is 17.3. The molecule has 3 fully saturated rings. The summed E-state index contributed by atoms with van der Waals surface area (Å²) in [5.74, 6) is 5.32. The van der Waals surface area contributed by atoms with Gasteiger partial charge in [0, 0.05) is 12.8 Å². The molecule has 0 heterocycles. The molecule has 4 aliphatic carbocycles. The molecule has 0 aromatic heterocycles. The third-order valence-corrected chi connectivity index (χ3v) is 14.7. The van der Waals surface area contributed by atoms with E-state index < -0.39 is 0 Å². The maximum Gasteiger partial charge on any atom is 0.306 e. The first kappa shape index (κ1) is 40.7. The minimum atomic E-state index is 0.0589. The van der Waals surface area contributed by atoms with Gasteiger partial charge in [-0.3, -0.25) is 4.79 Å². The van der Waals surface area contributed by atoms with Crippen molar-refractivity contribution in [1.82, 2.24) is 0 Å². The molecule has 0 amide bonds. The lowest BCUT2D eigenvalue weighted by Gasteiger charge is -2.58. The lowest BCUT2D eigenvalue weighted by atomic mass is 9.47. The smallest absolute Gasteiger partial charge is 0.306 e. The minimum absolute atomic E-state index is 0.0589. The molecule has 3 saturated carbocycles. The number of carbonyl (C=O) groups excluding carboxylic acids is 1. The van der Waals surface area contributed by atoms with E-state index in [9.17, 15) is 4.79 Å². The van der Waals surface area contributed by atoms with Crippen LogP contribution in [0.1, 0.15) is 215 Å². The molecule has 0 aromatic carbocycles. The summed E-state index contributed by atoms with van der Waals surface area (Å²) in [6, 6.07) is 0. The van der Waals surface area contributed by atoms with E-state index in [0.717, 1.165) is 54.8 Å². The van der Waals surface area contributed by atoms with Gasteiger partial charge in [-0.2, -0.15) is 0 Å². The predicted octanol–water partition coefficient (Wildman–Crippen LogP) is 14.8. The van der Waals surface area contributed by atoms with Crippen molar-refractivity contribution >= 4 is 5.97 Å². The highest BCUT2D eigenvalue weighted by atomic mass is 16.5. The second kappa shape index (κ2) is 20.9. The summed E-state index contributed by atoms with van der Waals surface area (Å²) in [4.78, 5) is 12.8. The summed E-state index contributed by atoms with van der Waals surface area (Å²) in [5.41, 5.74) is 2.53. The minimum Gasteiger partial charge on any atom is -0.462 e. The first-order chi connectivity index (χ1) is 23.7. The number of fused-ring (bicyclic) bond motifs is 5. The summed E-state index contributed by atoms with van der Waals surface area (Å²) in [7, 11) is 0. The van der Waals surface area contributed by atoms with Crippen LogP contribution in [0.25, 0.3) is 0 Å². The lowest BCUT2D eigenvalue weighted by molar-refractivity contribution is -0.151. The largest absolute Gasteiger partial charge is 0.462 e. The summed E-state index contributed by atoms with van der Waals surface area (Å²) in [6.07, 6.45) is 42.4. The molecule has 0 aromatic rings. The second-order valence-corrected chi connectivity index (χ2v) is 18.7. The average Bonchev–Trinajstić information content (AvgIpc) is 3.43. The van der Waals surface area contributed by atoms with Crippen LogP contribution in [0.5, 0.6) is 0 Å². The molecule has 0 radical (unpaired) electrons. The number of esters is 1. The van der Waals surface area contributed by atoms with Crippen LogP contribution >= 0.6 is 0 Å². The molecule has 0 aliphatic heterocycles. The molecule has 4 unspecified atom stereocenters. The monoisotopic (exact) mass is 679 g/mol. The molecule has 2 heteroatoms. The van der Waals surface area contributed by atoms with Crippen molar-refractivity contribution in [1.29, 1.82) is 0 Å². The molecule has 8 atom stereocenters. The van der Waals surface area contributed by atoms with Crippen LogP contribution in [0.2, 0.25) is 0 Å². The fourth-order valence-corrected chi connectivity index (χ4v) is 11.7. The molecule has 4 aliphatic rings. The summed E-state index contributed by atoms with van der Waals surface area (Å²) >= 11 is 0. The Labute approximate surface area is 305 Å². The predicted molar refractivity (Wildman–Crippen MR) is 212 cm³/mol. The van der Waals surface area contributed by atoms with Crippen molar-refractivity contribution in [2.45, 2.75) is 221 Å². The van der Waals surface area contributed by atoms with E-state index in [4.69, 9.17) is 4.74 Å². The molecule has 0 N–H and O–H groups in total. The highest BCUT2D eigenvalue weighted by Gasteiger charge is 2.59. The Morgan fingerprint density at radius 2 is 1.43 bits per heavy atom. The fraction of sp³-hybridized carbons (Fsp3) is 0.894. The van der Waals surface area contributed by atoms with Gasteiger partial charge in [-0.1, -0.05) is 149 Å².